The van der Waals surface area contributed by atoms with Gasteiger partial charge in [0.15, 0.2) is 0 Å². The monoisotopic (exact) mass is 238 g/mol. The summed E-state index contributed by atoms with van der Waals surface area (Å²) in [5, 5.41) is 0. The minimum atomic E-state index is 0.551. The van der Waals surface area contributed by atoms with E-state index in [4.69, 9.17) is 11.5 Å². The molecule has 0 saturated carbocycles. The number of benzene rings is 1. The van der Waals surface area contributed by atoms with Crippen molar-refractivity contribution in [1.29, 1.82) is 0 Å². The van der Waals surface area contributed by atoms with Crippen molar-refractivity contribution in [3.05, 3.63) is 64.9 Å². The molecule has 0 spiro atoms. The molecule has 2 nitrogen and oxygen atoms in total. The van der Waals surface area contributed by atoms with E-state index >= 15 is 0 Å². The summed E-state index contributed by atoms with van der Waals surface area (Å²) >= 11 is 0. The third-order valence-electron chi connectivity index (χ3n) is 3.27. The Morgan fingerprint density at radius 3 is 2.67 bits per heavy atom. The van der Waals surface area contributed by atoms with E-state index in [1.54, 1.807) is 0 Å². The van der Waals surface area contributed by atoms with Crippen LogP contribution in [0.4, 0.5) is 0 Å². The molecule has 0 atom stereocenters. The second-order valence-corrected chi connectivity index (χ2v) is 4.40. The van der Waals surface area contributed by atoms with Crippen molar-refractivity contribution in [2.24, 2.45) is 11.5 Å². The van der Waals surface area contributed by atoms with E-state index in [0.717, 1.165) is 34.4 Å². The highest BCUT2D eigenvalue weighted by Crippen LogP contribution is 2.36. The Balaban J connectivity index is 2.72. The Labute approximate surface area is 108 Å². The van der Waals surface area contributed by atoms with Gasteiger partial charge in [0.25, 0.3) is 0 Å². The lowest BCUT2D eigenvalue weighted by atomic mass is 9.96. The molecule has 0 amide bonds. The second kappa shape index (κ2) is 4.57. The first-order valence-corrected chi connectivity index (χ1v) is 5.94. The SMILES string of the molecule is C=Cc1ccc2c(c1/C=C\C)C(N)=C(C(=C)N)C2. The standard InChI is InChI=1S/C16H18N2/c1-4-6-13-11(5-2)7-8-12-9-14(10(3)17)16(18)15(12)13/h4-8H,2-3,9,17-18H2,1H3/b6-4-. The summed E-state index contributed by atoms with van der Waals surface area (Å²) in [6, 6.07) is 4.15. The Morgan fingerprint density at radius 1 is 1.39 bits per heavy atom. The topological polar surface area (TPSA) is 52.0 Å². The Morgan fingerprint density at radius 2 is 2.11 bits per heavy atom. The minimum Gasteiger partial charge on any atom is -0.399 e. The lowest BCUT2D eigenvalue weighted by Gasteiger charge is -2.10. The molecule has 1 aliphatic carbocycles. The number of nitrogens with two attached hydrogens (primary N) is 2. The predicted molar refractivity (Wildman–Crippen MR) is 79.4 cm³/mol. The number of hydrogen-bond donors (Lipinski definition) is 2. The van der Waals surface area contributed by atoms with Crippen LogP contribution < -0.4 is 11.5 Å². The molecule has 1 aromatic carbocycles. The summed E-state index contributed by atoms with van der Waals surface area (Å²) < 4.78 is 0. The van der Waals surface area contributed by atoms with Crippen molar-refractivity contribution in [3.8, 4) is 0 Å². The van der Waals surface area contributed by atoms with Gasteiger partial charge in [-0.2, -0.15) is 0 Å². The molecule has 1 aliphatic rings. The average Bonchev–Trinajstić information content (AvgIpc) is 2.68. The van der Waals surface area contributed by atoms with Gasteiger partial charge in [-0.1, -0.05) is 43.5 Å². The maximum Gasteiger partial charge on any atom is 0.0453 e. The molecule has 0 fully saturated rings. The number of rotatable bonds is 3. The quantitative estimate of drug-likeness (QED) is 0.850. The molecule has 0 heterocycles. The molecule has 0 unspecified atom stereocenters. The van der Waals surface area contributed by atoms with E-state index in [1.807, 2.05) is 19.1 Å². The maximum absolute atomic E-state index is 6.22. The maximum atomic E-state index is 6.22. The van der Waals surface area contributed by atoms with Crippen LogP contribution in [0.15, 0.2) is 42.6 Å². The molecule has 1 aromatic rings. The van der Waals surface area contributed by atoms with Crippen LogP contribution in [0.3, 0.4) is 0 Å². The van der Waals surface area contributed by atoms with E-state index in [1.165, 1.54) is 5.56 Å². The molecule has 4 N–H and O–H groups in total. The summed E-state index contributed by atoms with van der Waals surface area (Å²) in [6.45, 7) is 9.63. The van der Waals surface area contributed by atoms with Crippen LogP contribution in [0.2, 0.25) is 0 Å². The van der Waals surface area contributed by atoms with Crippen LogP contribution in [-0.4, -0.2) is 0 Å². The first-order valence-electron chi connectivity index (χ1n) is 5.94. The fourth-order valence-corrected chi connectivity index (χ4v) is 2.39. The Kier molecular flexibility index (Phi) is 3.11. The second-order valence-electron chi connectivity index (χ2n) is 4.40. The normalized spacial score (nSPS) is 14.1. The summed E-state index contributed by atoms with van der Waals surface area (Å²) in [7, 11) is 0. The van der Waals surface area contributed by atoms with Gasteiger partial charge in [-0.25, -0.2) is 0 Å². The van der Waals surface area contributed by atoms with Gasteiger partial charge >= 0.3 is 0 Å². The molecule has 0 aliphatic heterocycles. The van der Waals surface area contributed by atoms with Crippen LogP contribution in [-0.2, 0) is 6.42 Å². The molecular weight excluding hydrogens is 220 g/mol. The third kappa shape index (κ3) is 1.76. The molecule has 0 bridgehead atoms. The van der Waals surface area contributed by atoms with Gasteiger partial charge in [0.2, 0.25) is 0 Å². The van der Waals surface area contributed by atoms with Gasteiger partial charge in [0.1, 0.15) is 0 Å². The highest BCUT2D eigenvalue weighted by Gasteiger charge is 2.23. The molecule has 18 heavy (non-hydrogen) atoms. The molecule has 2 heteroatoms. The summed E-state index contributed by atoms with van der Waals surface area (Å²) in [5.41, 5.74) is 18.7. The zero-order valence-electron chi connectivity index (χ0n) is 10.7. The lowest BCUT2D eigenvalue weighted by molar-refractivity contribution is 1.17. The fourth-order valence-electron chi connectivity index (χ4n) is 2.39. The minimum absolute atomic E-state index is 0.551. The van der Waals surface area contributed by atoms with E-state index < -0.39 is 0 Å². The van der Waals surface area contributed by atoms with E-state index in [2.05, 4.69) is 31.4 Å². The van der Waals surface area contributed by atoms with Gasteiger partial charge in [-0.15, -0.1) is 0 Å². The molecule has 0 saturated heterocycles. The summed E-state index contributed by atoms with van der Waals surface area (Å²) in [4.78, 5) is 0. The van der Waals surface area contributed by atoms with Gasteiger partial charge in [-0.3, -0.25) is 0 Å². The highest BCUT2D eigenvalue weighted by atomic mass is 14.7. The first kappa shape index (κ1) is 12.2. The Bertz CT molecular complexity index is 589. The zero-order chi connectivity index (χ0) is 13.3. The lowest BCUT2D eigenvalue weighted by Crippen LogP contribution is -2.04. The van der Waals surface area contributed by atoms with Crippen LogP contribution >= 0.6 is 0 Å². The van der Waals surface area contributed by atoms with E-state index in [9.17, 15) is 0 Å². The van der Waals surface area contributed by atoms with Crippen LogP contribution in [0.5, 0.6) is 0 Å². The van der Waals surface area contributed by atoms with E-state index in [-0.39, 0.29) is 0 Å². The van der Waals surface area contributed by atoms with Crippen molar-refractivity contribution in [3.63, 3.8) is 0 Å². The van der Waals surface area contributed by atoms with Crippen molar-refractivity contribution < 1.29 is 0 Å². The van der Waals surface area contributed by atoms with E-state index in [0.29, 0.717) is 5.70 Å². The van der Waals surface area contributed by atoms with Crippen LogP contribution in [0.25, 0.3) is 17.8 Å². The molecule has 92 valence electrons. The van der Waals surface area contributed by atoms with Crippen molar-refractivity contribution in [2.75, 3.05) is 0 Å². The number of hydrogen-bond acceptors (Lipinski definition) is 2. The van der Waals surface area contributed by atoms with Crippen molar-refractivity contribution in [1.82, 2.24) is 0 Å². The highest BCUT2D eigenvalue weighted by molar-refractivity contribution is 5.86. The fraction of sp³-hybridized carbons (Fsp3) is 0.125. The predicted octanol–water partition coefficient (Wildman–Crippen LogP) is 3.06. The molecule has 2 rings (SSSR count). The van der Waals surface area contributed by atoms with Gasteiger partial charge in [0.05, 0.1) is 0 Å². The Hall–Kier alpha value is -2.22. The number of fused-ring (bicyclic) bond motifs is 1. The van der Waals surface area contributed by atoms with Crippen LogP contribution in [0.1, 0.15) is 29.2 Å². The van der Waals surface area contributed by atoms with Gasteiger partial charge in [-0.05, 0) is 23.6 Å². The van der Waals surface area contributed by atoms with Crippen LogP contribution in [0, 0.1) is 0 Å². The summed E-state index contributed by atoms with van der Waals surface area (Å²) in [5.74, 6) is 0. The van der Waals surface area contributed by atoms with Gasteiger partial charge < -0.3 is 11.5 Å². The van der Waals surface area contributed by atoms with Crippen molar-refractivity contribution >= 4 is 17.8 Å². The molecule has 0 aromatic heterocycles. The smallest absolute Gasteiger partial charge is 0.0453 e. The first-order chi connectivity index (χ1) is 8.60. The van der Waals surface area contributed by atoms with Gasteiger partial charge in [0, 0.05) is 29.0 Å². The summed E-state index contributed by atoms with van der Waals surface area (Å²) in [6.07, 6.45) is 6.67. The number of allylic oxidation sites excluding steroid dienone is 2. The average molecular weight is 238 g/mol. The third-order valence-corrected chi connectivity index (χ3v) is 3.27. The van der Waals surface area contributed by atoms with Crippen molar-refractivity contribution in [2.45, 2.75) is 13.3 Å². The largest absolute Gasteiger partial charge is 0.399 e. The molecular formula is C16H18N2. The zero-order valence-corrected chi connectivity index (χ0v) is 10.7. The molecule has 0 radical (unpaired) electrons.